The Labute approximate surface area is 314 Å². The zero-order chi connectivity index (χ0) is 37.7. The van der Waals surface area contributed by atoms with Crippen LogP contribution in [0.3, 0.4) is 0 Å². The number of nitrogens with one attached hydrogen (secondary N) is 1. The first kappa shape index (κ1) is 35.8. The molecule has 0 spiro atoms. The lowest BCUT2D eigenvalue weighted by Crippen LogP contribution is -2.17. The van der Waals surface area contributed by atoms with Crippen molar-refractivity contribution in [2.24, 2.45) is 0 Å². The van der Waals surface area contributed by atoms with Gasteiger partial charge in [0.2, 0.25) is 0 Å². The first-order valence-electron chi connectivity index (χ1n) is 18.5. The van der Waals surface area contributed by atoms with Crippen molar-refractivity contribution in [1.29, 1.82) is 0 Å². The second-order valence-electron chi connectivity index (χ2n) is 17.1. The minimum Gasteiger partial charge on any atom is -0.457 e. The zero-order valence-electron chi connectivity index (χ0n) is 32.7. The second kappa shape index (κ2) is 13.4. The number of hydrogen-bond acceptors (Lipinski definition) is 5. The van der Waals surface area contributed by atoms with Crippen molar-refractivity contribution in [2.45, 2.75) is 78.6 Å². The van der Waals surface area contributed by atoms with Gasteiger partial charge in [-0.15, -0.1) is 0 Å². The molecule has 0 radical (unpaired) electrons. The van der Waals surface area contributed by atoms with Gasteiger partial charge in [0.05, 0.1) is 16.7 Å². The molecule has 0 bridgehead atoms. The van der Waals surface area contributed by atoms with Gasteiger partial charge < -0.3 is 15.0 Å². The number of anilines is 4. The van der Waals surface area contributed by atoms with Crippen LogP contribution in [0.15, 0.2) is 122 Å². The smallest absolute Gasteiger partial charge is 0.156 e. The van der Waals surface area contributed by atoms with E-state index in [1.165, 1.54) is 16.5 Å². The first-order valence-corrected chi connectivity index (χ1v) is 18.5. The summed E-state index contributed by atoms with van der Waals surface area (Å²) in [5.74, 6) is 3.21. The summed E-state index contributed by atoms with van der Waals surface area (Å²) in [7, 11) is 2.05. The Bertz CT molecular complexity index is 2440. The highest BCUT2D eigenvalue weighted by atomic mass is 16.5. The maximum atomic E-state index is 6.62. The summed E-state index contributed by atoms with van der Waals surface area (Å²) >= 11 is 0. The molecule has 7 aromatic rings. The number of ether oxygens (including phenoxy) is 1. The molecule has 53 heavy (non-hydrogen) atoms. The minimum atomic E-state index is -0.0557. The fraction of sp³-hybridized carbons (Fsp3) is 0.277. The molecule has 0 aliphatic carbocycles. The monoisotopic (exact) mass is 701 g/mol. The van der Waals surface area contributed by atoms with Gasteiger partial charge >= 0.3 is 0 Å². The van der Waals surface area contributed by atoms with Crippen LogP contribution in [-0.4, -0.2) is 21.6 Å². The molecule has 3 heterocycles. The molecule has 0 saturated heterocycles. The third-order valence-corrected chi connectivity index (χ3v) is 9.98. The van der Waals surface area contributed by atoms with Crippen molar-refractivity contribution in [3.63, 3.8) is 0 Å². The van der Waals surface area contributed by atoms with Gasteiger partial charge in [0, 0.05) is 53.7 Å². The molecule has 0 aliphatic heterocycles. The molecular weight excluding hydrogens is 651 g/mol. The molecule has 0 unspecified atom stereocenters. The quantitative estimate of drug-likeness (QED) is 0.179. The van der Waals surface area contributed by atoms with Gasteiger partial charge in [-0.05, 0) is 93.6 Å². The van der Waals surface area contributed by atoms with Crippen molar-refractivity contribution in [1.82, 2.24) is 14.5 Å². The highest BCUT2D eigenvalue weighted by molar-refractivity contribution is 6.09. The van der Waals surface area contributed by atoms with Gasteiger partial charge in [-0.3, -0.25) is 4.57 Å². The summed E-state index contributed by atoms with van der Waals surface area (Å²) in [6.45, 7) is 20.1. The molecular formula is C47H51N5O. The molecule has 0 fully saturated rings. The van der Waals surface area contributed by atoms with Gasteiger partial charge in [-0.2, -0.15) is 0 Å². The fourth-order valence-electron chi connectivity index (χ4n) is 6.73. The largest absolute Gasteiger partial charge is 0.457 e. The standard InChI is InChI=1S/C47H51N5O/c1-45(2,3)31-15-13-16-34(25-31)50-40-26-33(47(7,8)9)30-49-44(40)51(10)35-17-14-18-36(28-35)53-37-21-22-39-38-19-11-12-20-41(38)52(42(39)29-37)43-27-32(23-24-48-43)46(4,5)6/h11-30,50H,1-10H3. The molecule has 4 aromatic carbocycles. The lowest BCUT2D eigenvalue weighted by atomic mass is 9.87. The number of nitrogens with zero attached hydrogens (tertiary/aromatic N) is 4. The number of pyridine rings is 2. The van der Waals surface area contributed by atoms with Crippen LogP contribution in [-0.2, 0) is 16.2 Å². The topological polar surface area (TPSA) is 55.2 Å². The third kappa shape index (κ3) is 7.36. The molecule has 270 valence electrons. The minimum absolute atomic E-state index is 0.00120. The zero-order valence-corrected chi connectivity index (χ0v) is 32.7. The number of hydrogen-bond donors (Lipinski definition) is 1. The van der Waals surface area contributed by atoms with Crippen LogP contribution in [0.2, 0.25) is 0 Å². The molecule has 0 aliphatic rings. The molecule has 6 nitrogen and oxygen atoms in total. The van der Waals surface area contributed by atoms with E-state index < -0.39 is 0 Å². The van der Waals surface area contributed by atoms with E-state index in [1.807, 2.05) is 24.5 Å². The Morgan fingerprint density at radius 3 is 2.02 bits per heavy atom. The van der Waals surface area contributed by atoms with Gasteiger partial charge in [-0.25, -0.2) is 9.97 Å². The van der Waals surface area contributed by atoms with Crippen molar-refractivity contribution in [3.05, 3.63) is 138 Å². The predicted molar refractivity (Wildman–Crippen MR) is 223 cm³/mol. The Balaban J connectivity index is 1.24. The van der Waals surface area contributed by atoms with Crippen molar-refractivity contribution in [3.8, 4) is 17.3 Å². The van der Waals surface area contributed by atoms with Crippen molar-refractivity contribution >= 4 is 44.7 Å². The molecule has 6 heteroatoms. The van der Waals surface area contributed by atoms with Gasteiger partial charge in [-0.1, -0.05) is 98.7 Å². The van der Waals surface area contributed by atoms with E-state index in [-0.39, 0.29) is 16.2 Å². The summed E-state index contributed by atoms with van der Waals surface area (Å²) in [5, 5.41) is 6.05. The van der Waals surface area contributed by atoms with Crippen LogP contribution in [0.25, 0.3) is 27.6 Å². The number of benzene rings is 4. The van der Waals surface area contributed by atoms with Gasteiger partial charge in [0.25, 0.3) is 0 Å². The lowest BCUT2D eigenvalue weighted by molar-refractivity contribution is 0.483. The molecule has 0 amide bonds. The maximum Gasteiger partial charge on any atom is 0.156 e. The van der Waals surface area contributed by atoms with Crippen molar-refractivity contribution < 1.29 is 4.74 Å². The summed E-state index contributed by atoms with van der Waals surface area (Å²) in [4.78, 5) is 12.0. The fourth-order valence-corrected chi connectivity index (χ4v) is 6.73. The van der Waals surface area contributed by atoms with Crippen LogP contribution < -0.4 is 15.0 Å². The summed E-state index contributed by atoms with van der Waals surface area (Å²) in [6.07, 6.45) is 3.90. The lowest BCUT2D eigenvalue weighted by Gasteiger charge is -2.26. The molecule has 7 rings (SSSR count). The number of aromatic nitrogens is 3. The van der Waals surface area contributed by atoms with E-state index >= 15 is 0 Å². The van der Waals surface area contributed by atoms with Gasteiger partial charge in [0.15, 0.2) is 5.82 Å². The highest BCUT2D eigenvalue weighted by Crippen LogP contribution is 2.39. The van der Waals surface area contributed by atoms with Crippen molar-refractivity contribution in [2.75, 3.05) is 17.3 Å². The Morgan fingerprint density at radius 2 is 1.26 bits per heavy atom. The highest BCUT2D eigenvalue weighted by Gasteiger charge is 2.21. The van der Waals surface area contributed by atoms with E-state index in [9.17, 15) is 0 Å². The third-order valence-electron chi connectivity index (χ3n) is 9.98. The Hall–Kier alpha value is -5.62. The maximum absolute atomic E-state index is 6.62. The Morgan fingerprint density at radius 1 is 0.585 bits per heavy atom. The normalized spacial score (nSPS) is 12.3. The molecule has 0 atom stereocenters. The number of para-hydroxylation sites is 1. The molecule has 3 aromatic heterocycles. The van der Waals surface area contributed by atoms with E-state index in [0.717, 1.165) is 62.2 Å². The second-order valence-corrected chi connectivity index (χ2v) is 17.1. The van der Waals surface area contributed by atoms with Gasteiger partial charge in [0.1, 0.15) is 17.3 Å². The number of fused-ring (bicyclic) bond motifs is 3. The summed E-state index contributed by atoms with van der Waals surface area (Å²) in [5.41, 5.74) is 8.75. The SMILES string of the molecule is CN(c1cccc(Oc2ccc3c4ccccc4n(-c4cc(C(C)(C)C)ccn4)c3c2)c1)c1ncc(C(C)(C)C)cc1Nc1cccc(C(C)(C)C)c1. The van der Waals surface area contributed by atoms with Crippen LogP contribution in [0, 0.1) is 0 Å². The average Bonchev–Trinajstić information content (AvgIpc) is 3.44. The summed E-state index contributed by atoms with van der Waals surface area (Å²) < 4.78 is 8.86. The van der Waals surface area contributed by atoms with Crippen LogP contribution in [0.1, 0.15) is 79.0 Å². The van der Waals surface area contributed by atoms with E-state index in [0.29, 0.717) is 0 Å². The van der Waals surface area contributed by atoms with E-state index in [2.05, 4.69) is 181 Å². The summed E-state index contributed by atoms with van der Waals surface area (Å²) in [6, 6.07) is 38.2. The van der Waals surface area contributed by atoms with Crippen LogP contribution in [0.4, 0.5) is 22.9 Å². The number of rotatable bonds is 7. The van der Waals surface area contributed by atoms with Crippen LogP contribution >= 0.6 is 0 Å². The predicted octanol–water partition coefficient (Wildman–Crippen LogP) is 12.8. The Kier molecular flexibility index (Phi) is 9.05. The average molecular weight is 702 g/mol. The molecule has 1 N–H and O–H groups in total. The van der Waals surface area contributed by atoms with E-state index in [1.54, 1.807) is 0 Å². The van der Waals surface area contributed by atoms with Crippen LogP contribution in [0.5, 0.6) is 11.5 Å². The first-order chi connectivity index (χ1) is 25.1. The molecule has 0 saturated carbocycles. The van der Waals surface area contributed by atoms with E-state index in [4.69, 9.17) is 14.7 Å².